The van der Waals surface area contributed by atoms with Crippen LogP contribution in [0.25, 0.3) is 0 Å². The van der Waals surface area contributed by atoms with Gasteiger partial charge < -0.3 is 10.6 Å². The van der Waals surface area contributed by atoms with Gasteiger partial charge in [0, 0.05) is 24.7 Å². The average molecular weight is 501 g/mol. The number of carbonyl (C=O) groups excluding carboxylic acids is 2. The summed E-state index contributed by atoms with van der Waals surface area (Å²) in [6, 6.07) is 6.87. The van der Waals surface area contributed by atoms with E-state index in [-0.39, 0.29) is 24.1 Å². The molecule has 1 saturated carbocycles. The van der Waals surface area contributed by atoms with Crippen molar-refractivity contribution in [3.05, 3.63) is 59.2 Å². The molecule has 0 radical (unpaired) electrons. The Hall–Kier alpha value is -3.12. The first-order chi connectivity index (χ1) is 17.2. The van der Waals surface area contributed by atoms with Crippen LogP contribution in [0.1, 0.15) is 54.4 Å². The van der Waals surface area contributed by atoms with Gasteiger partial charge in [0.25, 0.3) is 5.91 Å². The Morgan fingerprint density at radius 1 is 1.14 bits per heavy atom. The van der Waals surface area contributed by atoms with Crippen molar-refractivity contribution in [1.82, 2.24) is 15.5 Å². The molecule has 1 aromatic carbocycles. The van der Waals surface area contributed by atoms with Gasteiger partial charge in [-0.15, -0.1) is 0 Å². The van der Waals surface area contributed by atoms with Crippen LogP contribution in [-0.4, -0.2) is 48.4 Å². The highest BCUT2D eigenvalue weighted by atomic mass is 19.4. The molecule has 1 aromatic rings. The van der Waals surface area contributed by atoms with E-state index in [4.69, 9.17) is 5.26 Å². The Morgan fingerprint density at radius 2 is 1.89 bits per heavy atom. The summed E-state index contributed by atoms with van der Waals surface area (Å²) in [7, 11) is 0. The normalized spacial score (nSPS) is 24.8. The summed E-state index contributed by atoms with van der Waals surface area (Å²) in [6.07, 6.45) is 8.17. The number of amides is 2. The number of likely N-dealkylation sites (tertiary alicyclic amines) is 1. The lowest BCUT2D eigenvalue weighted by Gasteiger charge is -2.47. The van der Waals surface area contributed by atoms with Gasteiger partial charge in [0.1, 0.15) is 0 Å². The first kappa shape index (κ1) is 26.0. The first-order valence-corrected chi connectivity index (χ1v) is 12.5. The zero-order valence-corrected chi connectivity index (χ0v) is 20.1. The number of halogens is 3. The largest absolute Gasteiger partial charge is 0.416 e. The number of allylic oxidation sites excluding steroid dienone is 4. The molecule has 1 atom stereocenters. The van der Waals surface area contributed by atoms with Gasteiger partial charge in [-0.05, 0) is 67.7 Å². The molecule has 2 amide bonds. The van der Waals surface area contributed by atoms with E-state index in [0.717, 1.165) is 50.1 Å². The molecule has 1 heterocycles. The number of nitriles is 1. The van der Waals surface area contributed by atoms with Crippen LogP contribution in [0.3, 0.4) is 0 Å². The molecular weight excluding hydrogens is 469 g/mol. The molecule has 0 aromatic heterocycles. The van der Waals surface area contributed by atoms with Crippen LogP contribution in [-0.2, 0) is 11.0 Å². The Kier molecular flexibility index (Phi) is 8.14. The van der Waals surface area contributed by atoms with E-state index < -0.39 is 17.6 Å². The van der Waals surface area contributed by atoms with Gasteiger partial charge in [-0.1, -0.05) is 24.3 Å². The van der Waals surface area contributed by atoms with Crippen LogP contribution in [0.2, 0.25) is 0 Å². The molecule has 36 heavy (non-hydrogen) atoms. The van der Waals surface area contributed by atoms with Gasteiger partial charge in [0.05, 0.1) is 30.6 Å². The van der Waals surface area contributed by atoms with Crippen molar-refractivity contribution < 1.29 is 22.8 Å². The van der Waals surface area contributed by atoms with Gasteiger partial charge in [0.15, 0.2) is 0 Å². The lowest BCUT2D eigenvalue weighted by atomic mass is 9.74. The average Bonchev–Trinajstić information content (AvgIpc) is 2.85. The lowest BCUT2D eigenvalue weighted by Crippen LogP contribution is -2.63. The van der Waals surface area contributed by atoms with Gasteiger partial charge in [-0.25, -0.2) is 0 Å². The second kappa shape index (κ2) is 11.3. The van der Waals surface area contributed by atoms with E-state index in [1.54, 1.807) is 0 Å². The molecule has 2 N–H and O–H groups in total. The zero-order chi connectivity index (χ0) is 25.7. The van der Waals surface area contributed by atoms with Crippen LogP contribution in [0, 0.1) is 23.2 Å². The topological polar surface area (TPSA) is 85.2 Å². The first-order valence-electron chi connectivity index (χ1n) is 12.5. The van der Waals surface area contributed by atoms with Crippen molar-refractivity contribution in [2.24, 2.45) is 11.8 Å². The number of rotatable bonds is 7. The van der Waals surface area contributed by atoms with Crippen LogP contribution >= 0.6 is 0 Å². The highest BCUT2D eigenvalue weighted by molar-refractivity contribution is 5.96. The second-order valence-electron chi connectivity index (χ2n) is 9.92. The minimum atomic E-state index is -4.53. The lowest BCUT2D eigenvalue weighted by molar-refractivity contribution is -0.137. The van der Waals surface area contributed by atoms with Crippen molar-refractivity contribution in [3.63, 3.8) is 0 Å². The third kappa shape index (κ3) is 6.55. The molecule has 0 spiro atoms. The van der Waals surface area contributed by atoms with Gasteiger partial charge >= 0.3 is 6.18 Å². The molecular formula is C27H31F3N4O2. The molecule has 3 aliphatic rings. The maximum atomic E-state index is 12.8. The quantitative estimate of drug-likeness (QED) is 0.588. The molecule has 2 fully saturated rings. The standard InChI is InChI=1S/C27H31F3N4O2/c28-27(29,30)22-3-1-2-21(14-22)26(36)32-15-25(35)33-23-16-34(17-23)24-10-8-20(9-11-24)19-6-4-18(5-7-19)12-13-31/h1-6,14,19-20,23-24H,7-12,15-17H2,(H,32,36)(H,33,35). The van der Waals surface area contributed by atoms with Gasteiger partial charge in [-0.2, -0.15) is 18.4 Å². The van der Waals surface area contributed by atoms with E-state index in [1.165, 1.54) is 25.0 Å². The maximum absolute atomic E-state index is 12.8. The summed E-state index contributed by atoms with van der Waals surface area (Å²) in [6.45, 7) is 1.26. The smallest absolute Gasteiger partial charge is 0.349 e. The van der Waals surface area contributed by atoms with Crippen molar-refractivity contribution in [3.8, 4) is 6.07 Å². The van der Waals surface area contributed by atoms with E-state index in [9.17, 15) is 22.8 Å². The van der Waals surface area contributed by atoms with Crippen molar-refractivity contribution in [2.75, 3.05) is 19.6 Å². The summed E-state index contributed by atoms with van der Waals surface area (Å²) < 4.78 is 38.5. The maximum Gasteiger partial charge on any atom is 0.416 e. The molecule has 192 valence electrons. The van der Waals surface area contributed by atoms with Crippen LogP contribution in [0.5, 0.6) is 0 Å². The molecule has 6 nitrogen and oxygen atoms in total. The SMILES string of the molecule is N#CCC1=CCC(C2CCC(N3CC(NC(=O)CNC(=O)c4cccc(C(F)(F)F)c4)C3)CC2)C=C1. The Labute approximate surface area is 209 Å². The van der Waals surface area contributed by atoms with E-state index in [1.807, 2.05) is 0 Å². The number of hydrogen-bond acceptors (Lipinski definition) is 4. The molecule has 1 unspecified atom stereocenters. The minimum absolute atomic E-state index is 0.0191. The number of carbonyl (C=O) groups is 2. The summed E-state index contributed by atoms with van der Waals surface area (Å²) in [5.74, 6) is 0.169. The fourth-order valence-corrected chi connectivity index (χ4v) is 5.43. The number of alkyl halides is 3. The van der Waals surface area contributed by atoms with E-state index >= 15 is 0 Å². The van der Waals surface area contributed by atoms with Crippen LogP contribution in [0.15, 0.2) is 48.1 Å². The van der Waals surface area contributed by atoms with Crippen molar-refractivity contribution >= 4 is 11.8 Å². The third-order valence-electron chi connectivity index (χ3n) is 7.49. The molecule has 2 aliphatic carbocycles. The van der Waals surface area contributed by atoms with Gasteiger partial charge in [-0.3, -0.25) is 14.5 Å². The fourth-order valence-electron chi connectivity index (χ4n) is 5.43. The Balaban J connectivity index is 1.13. The fraction of sp³-hybridized carbons (Fsp3) is 0.519. The van der Waals surface area contributed by atoms with Gasteiger partial charge in [0.2, 0.25) is 5.91 Å². The van der Waals surface area contributed by atoms with E-state index in [2.05, 4.69) is 39.8 Å². The Bertz CT molecular complexity index is 1060. The van der Waals surface area contributed by atoms with Crippen molar-refractivity contribution in [2.45, 2.75) is 56.8 Å². The molecule has 1 aliphatic heterocycles. The minimum Gasteiger partial charge on any atom is -0.349 e. The summed E-state index contributed by atoms with van der Waals surface area (Å²) >= 11 is 0. The molecule has 9 heteroatoms. The highest BCUT2D eigenvalue weighted by Crippen LogP contribution is 2.37. The summed E-state index contributed by atoms with van der Waals surface area (Å²) in [5, 5.41) is 14.1. The zero-order valence-electron chi connectivity index (χ0n) is 20.1. The predicted octanol–water partition coefficient (Wildman–Crippen LogP) is 4.21. The number of benzene rings is 1. The van der Waals surface area contributed by atoms with Crippen LogP contribution < -0.4 is 10.6 Å². The van der Waals surface area contributed by atoms with E-state index in [0.29, 0.717) is 24.3 Å². The monoisotopic (exact) mass is 500 g/mol. The van der Waals surface area contributed by atoms with Crippen LogP contribution in [0.4, 0.5) is 13.2 Å². The summed E-state index contributed by atoms with van der Waals surface area (Å²) in [5.41, 5.74) is 0.0803. The highest BCUT2D eigenvalue weighted by Gasteiger charge is 2.36. The molecule has 0 bridgehead atoms. The predicted molar refractivity (Wildman–Crippen MR) is 129 cm³/mol. The third-order valence-corrected chi connectivity index (χ3v) is 7.49. The number of hydrogen-bond donors (Lipinski definition) is 2. The number of nitrogens with one attached hydrogen (secondary N) is 2. The Morgan fingerprint density at radius 3 is 2.53 bits per heavy atom. The summed E-state index contributed by atoms with van der Waals surface area (Å²) in [4.78, 5) is 26.8. The second-order valence-corrected chi connectivity index (χ2v) is 9.92. The van der Waals surface area contributed by atoms with Crippen molar-refractivity contribution in [1.29, 1.82) is 5.26 Å². The molecule has 4 rings (SSSR count). The molecule has 1 saturated heterocycles. The number of nitrogens with zero attached hydrogens (tertiary/aromatic N) is 2.